The monoisotopic (exact) mass is 409 g/mol. The Kier molecular flexibility index (Phi) is 4.88. The molecule has 0 aliphatic carbocycles. The van der Waals surface area contributed by atoms with Crippen molar-refractivity contribution in [1.29, 1.82) is 0 Å². The number of hydrogen-bond acceptors (Lipinski definition) is 5. The highest BCUT2D eigenvalue weighted by atomic mass is 127. The molecule has 0 amide bonds. The summed E-state index contributed by atoms with van der Waals surface area (Å²) < 4.78 is 24.3. The highest BCUT2D eigenvalue weighted by molar-refractivity contribution is 14.1. The molecule has 112 valence electrons. The predicted octanol–water partition coefficient (Wildman–Crippen LogP) is 2.22. The molecule has 7 heteroatoms. The third-order valence-corrected chi connectivity index (χ3v) is 6.27. The molecule has 0 aromatic carbocycles. The van der Waals surface area contributed by atoms with E-state index in [0.29, 0.717) is 18.2 Å². The minimum absolute atomic E-state index is 0.0602. The summed E-state index contributed by atoms with van der Waals surface area (Å²) in [5, 5.41) is 3.09. The van der Waals surface area contributed by atoms with E-state index in [1.165, 1.54) is 0 Å². The summed E-state index contributed by atoms with van der Waals surface area (Å²) in [6.45, 7) is 4.30. The smallest absolute Gasteiger partial charge is 0.151 e. The van der Waals surface area contributed by atoms with Crippen molar-refractivity contribution in [3.05, 3.63) is 15.1 Å². The first kappa shape index (κ1) is 15.9. The van der Waals surface area contributed by atoms with Crippen molar-refractivity contribution in [1.82, 2.24) is 9.97 Å². The van der Waals surface area contributed by atoms with Crippen molar-refractivity contribution >= 4 is 38.2 Å². The van der Waals surface area contributed by atoms with Gasteiger partial charge in [-0.1, -0.05) is 13.8 Å². The fourth-order valence-corrected chi connectivity index (χ4v) is 4.85. The lowest BCUT2D eigenvalue weighted by Gasteiger charge is -2.15. The average Bonchev–Trinajstić information content (AvgIpc) is 2.71. The third-order valence-electron chi connectivity index (χ3n) is 3.37. The lowest BCUT2D eigenvalue weighted by atomic mass is 10.1. The zero-order chi connectivity index (χ0) is 14.9. The number of anilines is 1. The minimum Gasteiger partial charge on any atom is -0.372 e. The number of hydrogen-bond donors (Lipinski definition) is 1. The van der Waals surface area contributed by atoms with Crippen LogP contribution in [0.1, 0.15) is 37.7 Å². The lowest BCUT2D eigenvalue weighted by Crippen LogP contribution is -2.13. The van der Waals surface area contributed by atoms with Gasteiger partial charge in [-0.3, -0.25) is 0 Å². The van der Waals surface area contributed by atoms with Crippen LogP contribution in [0.2, 0.25) is 0 Å². The number of aromatic nitrogens is 2. The molecule has 1 aliphatic rings. The molecular formula is C13H20IN3O2S. The molecule has 0 bridgehead atoms. The van der Waals surface area contributed by atoms with Gasteiger partial charge in [0.2, 0.25) is 0 Å². The van der Waals surface area contributed by atoms with Gasteiger partial charge in [0.1, 0.15) is 11.6 Å². The zero-order valence-electron chi connectivity index (χ0n) is 12.0. The van der Waals surface area contributed by atoms with Crippen molar-refractivity contribution in [2.24, 2.45) is 5.92 Å². The van der Waals surface area contributed by atoms with Crippen molar-refractivity contribution < 1.29 is 8.42 Å². The molecule has 2 heterocycles. The molecule has 20 heavy (non-hydrogen) atoms. The van der Waals surface area contributed by atoms with Crippen LogP contribution in [0, 0.1) is 9.49 Å². The van der Waals surface area contributed by atoms with Crippen LogP contribution in [0.3, 0.4) is 0 Å². The van der Waals surface area contributed by atoms with E-state index in [-0.39, 0.29) is 17.4 Å². The van der Waals surface area contributed by atoms with Crippen LogP contribution in [-0.4, -0.2) is 36.9 Å². The van der Waals surface area contributed by atoms with Gasteiger partial charge < -0.3 is 5.32 Å². The quantitative estimate of drug-likeness (QED) is 0.773. The summed E-state index contributed by atoms with van der Waals surface area (Å²) in [6.07, 6.45) is 1.51. The average molecular weight is 409 g/mol. The second-order valence-corrected chi connectivity index (χ2v) is 8.95. The standard InChI is InChI=1S/C13H20IN3O2S/c1-8(2)6-10-11(14)13(15-3)17-12(16-10)9-4-5-20(18,19)7-9/h8-9H,4-7H2,1-3H3,(H,15,16,17). The topological polar surface area (TPSA) is 72.0 Å². The van der Waals surface area contributed by atoms with Crippen LogP contribution in [0.15, 0.2) is 0 Å². The molecule has 0 saturated carbocycles. The first-order chi connectivity index (χ1) is 9.32. The molecule has 1 aromatic heterocycles. The number of sulfone groups is 1. The summed E-state index contributed by atoms with van der Waals surface area (Å²) in [5.74, 6) is 2.35. The van der Waals surface area contributed by atoms with Gasteiger partial charge in [0.25, 0.3) is 0 Å². The van der Waals surface area contributed by atoms with Gasteiger partial charge in [-0.25, -0.2) is 18.4 Å². The van der Waals surface area contributed by atoms with E-state index < -0.39 is 9.84 Å². The molecule has 1 unspecified atom stereocenters. The zero-order valence-corrected chi connectivity index (χ0v) is 15.0. The molecule has 0 radical (unpaired) electrons. The summed E-state index contributed by atoms with van der Waals surface area (Å²) >= 11 is 2.26. The van der Waals surface area contributed by atoms with Crippen molar-refractivity contribution in [2.45, 2.75) is 32.6 Å². The van der Waals surface area contributed by atoms with E-state index in [1.807, 2.05) is 7.05 Å². The molecule has 5 nitrogen and oxygen atoms in total. The van der Waals surface area contributed by atoms with Crippen molar-refractivity contribution in [3.8, 4) is 0 Å². The molecule has 1 saturated heterocycles. The van der Waals surface area contributed by atoms with E-state index >= 15 is 0 Å². The van der Waals surface area contributed by atoms with Crippen LogP contribution < -0.4 is 5.32 Å². The largest absolute Gasteiger partial charge is 0.372 e. The number of nitrogens with zero attached hydrogens (tertiary/aromatic N) is 2. The fraction of sp³-hybridized carbons (Fsp3) is 0.692. The number of rotatable bonds is 4. The number of nitrogens with one attached hydrogen (secondary N) is 1. The normalized spacial score (nSPS) is 21.4. The second-order valence-electron chi connectivity index (χ2n) is 5.64. The molecule has 1 atom stereocenters. The summed E-state index contributed by atoms with van der Waals surface area (Å²) in [4.78, 5) is 9.16. The Labute approximate surface area is 134 Å². The van der Waals surface area contributed by atoms with Crippen LogP contribution >= 0.6 is 22.6 Å². The minimum atomic E-state index is -2.91. The molecule has 2 rings (SSSR count). The SMILES string of the molecule is CNc1nc(C2CCS(=O)(=O)C2)nc(CC(C)C)c1I. The Bertz CT molecular complexity index is 602. The van der Waals surface area contributed by atoms with E-state index in [2.05, 4.69) is 51.7 Å². The first-order valence-electron chi connectivity index (χ1n) is 6.77. The van der Waals surface area contributed by atoms with E-state index in [9.17, 15) is 8.42 Å². The Hall–Kier alpha value is -0.440. The van der Waals surface area contributed by atoms with E-state index in [4.69, 9.17) is 0 Å². The van der Waals surface area contributed by atoms with Gasteiger partial charge in [-0.05, 0) is 41.4 Å². The van der Waals surface area contributed by atoms with Crippen LogP contribution in [0.5, 0.6) is 0 Å². The summed E-state index contributed by atoms with van der Waals surface area (Å²) in [5.41, 5.74) is 1.01. The van der Waals surface area contributed by atoms with Crippen LogP contribution in [-0.2, 0) is 16.3 Å². The van der Waals surface area contributed by atoms with Crippen LogP contribution in [0.25, 0.3) is 0 Å². The maximum absolute atomic E-state index is 11.6. The van der Waals surface area contributed by atoms with E-state index in [0.717, 1.165) is 21.5 Å². The summed E-state index contributed by atoms with van der Waals surface area (Å²) in [7, 11) is -1.08. The van der Waals surface area contributed by atoms with Crippen molar-refractivity contribution in [2.75, 3.05) is 23.9 Å². The maximum atomic E-state index is 11.6. The highest BCUT2D eigenvalue weighted by Gasteiger charge is 2.31. The van der Waals surface area contributed by atoms with Crippen LogP contribution in [0.4, 0.5) is 5.82 Å². The molecule has 1 N–H and O–H groups in total. The van der Waals surface area contributed by atoms with Gasteiger partial charge in [0.05, 0.1) is 20.8 Å². The molecule has 1 fully saturated rings. The predicted molar refractivity (Wildman–Crippen MR) is 88.8 cm³/mol. The Morgan fingerprint density at radius 1 is 1.40 bits per heavy atom. The highest BCUT2D eigenvalue weighted by Crippen LogP contribution is 2.30. The van der Waals surface area contributed by atoms with Gasteiger partial charge >= 0.3 is 0 Å². The molecular weight excluding hydrogens is 389 g/mol. The van der Waals surface area contributed by atoms with Gasteiger partial charge in [-0.2, -0.15) is 0 Å². The molecule has 1 aromatic rings. The number of halogens is 1. The Morgan fingerprint density at radius 2 is 2.10 bits per heavy atom. The third kappa shape index (κ3) is 3.60. The van der Waals surface area contributed by atoms with Gasteiger partial charge in [0, 0.05) is 13.0 Å². The first-order valence-corrected chi connectivity index (χ1v) is 9.67. The van der Waals surface area contributed by atoms with Crippen molar-refractivity contribution in [3.63, 3.8) is 0 Å². The van der Waals surface area contributed by atoms with Gasteiger partial charge in [-0.15, -0.1) is 0 Å². The summed E-state index contributed by atoms with van der Waals surface area (Å²) in [6, 6.07) is 0. The molecule has 1 aliphatic heterocycles. The maximum Gasteiger partial charge on any atom is 0.151 e. The Morgan fingerprint density at radius 3 is 2.60 bits per heavy atom. The molecule has 0 spiro atoms. The second kappa shape index (κ2) is 6.13. The Balaban J connectivity index is 2.39. The van der Waals surface area contributed by atoms with E-state index in [1.54, 1.807) is 0 Å². The van der Waals surface area contributed by atoms with Gasteiger partial charge in [0.15, 0.2) is 9.84 Å². The fourth-order valence-electron chi connectivity index (χ4n) is 2.38. The lowest BCUT2D eigenvalue weighted by molar-refractivity contribution is 0.600.